The van der Waals surface area contributed by atoms with Crippen molar-refractivity contribution in [2.75, 3.05) is 26.8 Å². The van der Waals surface area contributed by atoms with Crippen LogP contribution in [0.25, 0.3) is 0 Å². The predicted octanol–water partition coefficient (Wildman–Crippen LogP) is 0.414. The number of ketones is 1. The molecule has 6 nitrogen and oxygen atoms in total. The molecule has 0 spiro atoms. The van der Waals surface area contributed by atoms with Crippen molar-refractivity contribution in [1.82, 2.24) is 4.90 Å². The lowest BCUT2D eigenvalue weighted by molar-refractivity contribution is -0.162. The van der Waals surface area contributed by atoms with Gasteiger partial charge in [-0.1, -0.05) is 11.6 Å². The highest BCUT2D eigenvalue weighted by Crippen LogP contribution is 2.21. The molecule has 1 saturated heterocycles. The molecule has 2 aliphatic rings. The van der Waals surface area contributed by atoms with Crippen LogP contribution >= 0.6 is 0 Å². The number of aliphatic hydroxyl groups excluding tert-OH is 1. The van der Waals surface area contributed by atoms with Crippen LogP contribution in [-0.4, -0.2) is 60.7 Å². The van der Waals surface area contributed by atoms with E-state index < -0.39 is 18.0 Å². The first-order chi connectivity index (χ1) is 10.0. The Morgan fingerprint density at radius 2 is 2.29 bits per heavy atom. The number of Topliss-reactive ketones (excluding diaryl/α,β-unsaturated/α-hetero) is 1. The summed E-state index contributed by atoms with van der Waals surface area (Å²) in [5, 5.41) is 9.32. The van der Waals surface area contributed by atoms with Crippen LogP contribution in [0.1, 0.15) is 19.8 Å². The number of carbonyl (C=O) groups is 2. The van der Waals surface area contributed by atoms with Gasteiger partial charge in [-0.3, -0.25) is 9.59 Å². The Morgan fingerprint density at radius 3 is 2.86 bits per heavy atom. The van der Waals surface area contributed by atoms with E-state index in [1.165, 1.54) is 6.92 Å². The summed E-state index contributed by atoms with van der Waals surface area (Å²) >= 11 is 0. The van der Waals surface area contributed by atoms with E-state index in [2.05, 4.69) is 0 Å². The molecule has 1 aliphatic carbocycles. The molecule has 0 aromatic carbocycles. The van der Waals surface area contributed by atoms with Crippen LogP contribution in [0.2, 0.25) is 0 Å². The number of nitrogens with zero attached hydrogens (tertiary/aromatic N) is 1. The second-order valence-electron chi connectivity index (χ2n) is 5.25. The molecule has 116 valence electrons. The smallest absolute Gasteiger partial charge is 0.259 e. The van der Waals surface area contributed by atoms with E-state index in [9.17, 15) is 14.7 Å². The van der Waals surface area contributed by atoms with Crippen LogP contribution in [-0.2, 0) is 19.1 Å². The van der Waals surface area contributed by atoms with Gasteiger partial charge < -0.3 is 19.5 Å². The number of methoxy groups -OCH3 is 1. The Morgan fingerprint density at radius 1 is 1.52 bits per heavy atom. The lowest BCUT2D eigenvalue weighted by atomic mass is 10.0. The van der Waals surface area contributed by atoms with Crippen LogP contribution in [0.5, 0.6) is 0 Å². The Hall–Kier alpha value is -1.66. The Bertz CT molecular complexity index is 480. The molecule has 1 amide bonds. The molecule has 1 aliphatic heterocycles. The number of hydrogen-bond donors (Lipinski definition) is 1. The quantitative estimate of drug-likeness (QED) is 0.744. The van der Waals surface area contributed by atoms with Crippen LogP contribution < -0.4 is 0 Å². The van der Waals surface area contributed by atoms with Gasteiger partial charge in [0.1, 0.15) is 6.10 Å². The zero-order valence-electron chi connectivity index (χ0n) is 12.4. The molecule has 0 aromatic rings. The molecule has 2 rings (SSSR count). The summed E-state index contributed by atoms with van der Waals surface area (Å²) < 4.78 is 10.4. The van der Waals surface area contributed by atoms with E-state index in [4.69, 9.17) is 9.47 Å². The summed E-state index contributed by atoms with van der Waals surface area (Å²) in [5.74, 6) is -0.0207. The lowest BCUT2D eigenvalue weighted by Gasteiger charge is -2.33. The first kappa shape index (κ1) is 15.7. The highest BCUT2D eigenvalue weighted by atomic mass is 16.5. The Balaban J connectivity index is 2.01. The first-order valence-electron chi connectivity index (χ1n) is 7.07. The van der Waals surface area contributed by atoms with Gasteiger partial charge in [0, 0.05) is 19.5 Å². The fourth-order valence-electron chi connectivity index (χ4n) is 2.42. The third kappa shape index (κ3) is 3.71. The third-order valence-corrected chi connectivity index (χ3v) is 3.71. The Labute approximate surface area is 124 Å². The van der Waals surface area contributed by atoms with E-state index in [-0.39, 0.29) is 5.91 Å². The standard InChI is InChI=1S/C15H21NO5/c1-10(17)13(18)14-15(19)16(7-8-21-14)9-11-3-5-12(20-2)6-4-11/h3,5,10,14,17H,4,6-9H2,1-2H3. The van der Waals surface area contributed by atoms with Crippen molar-refractivity contribution in [2.45, 2.75) is 32.0 Å². The first-order valence-corrected chi connectivity index (χ1v) is 7.07. The summed E-state index contributed by atoms with van der Waals surface area (Å²) in [4.78, 5) is 25.6. The van der Waals surface area contributed by atoms with E-state index in [0.29, 0.717) is 19.7 Å². The largest absolute Gasteiger partial charge is 0.501 e. The summed E-state index contributed by atoms with van der Waals surface area (Å²) in [7, 11) is 1.64. The zero-order chi connectivity index (χ0) is 15.4. The maximum absolute atomic E-state index is 12.3. The van der Waals surface area contributed by atoms with Gasteiger partial charge in [-0.25, -0.2) is 0 Å². The SMILES string of the molecule is COC1=CC=C(CN2CCOC(C(=O)C(C)O)C2=O)CC1. The van der Waals surface area contributed by atoms with Crippen LogP contribution in [0, 0.1) is 0 Å². The van der Waals surface area contributed by atoms with Gasteiger partial charge in [0.05, 0.1) is 19.5 Å². The molecular formula is C15H21NO5. The third-order valence-electron chi connectivity index (χ3n) is 3.71. The summed E-state index contributed by atoms with van der Waals surface area (Å²) in [6.07, 6.45) is 3.14. The second-order valence-corrected chi connectivity index (χ2v) is 5.25. The molecule has 1 fully saturated rings. The van der Waals surface area contributed by atoms with Crippen molar-refractivity contribution in [1.29, 1.82) is 0 Å². The number of rotatable bonds is 5. The molecule has 2 unspecified atom stereocenters. The molecule has 1 heterocycles. The van der Waals surface area contributed by atoms with Gasteiger partial charge in [-0.2, -0.15) is 0 Å². The number of ether oxygens (including phenoxy) is 2. The summed E-state index contributed by atoms with van der Waals surface area (Å²) in [6, 6.07) is 0. The van der Waals surface area contributed by atoms with Crippen molar-refractivity contribution in [2.24, 2.45) is 0 Å². The second kappa shape index (κ2) is 6.87. The molecule has 21 heavy (non-hydrogen) atoms. The van der Waals surface area contributed by atoms with Gasteiger partial charge >= 0.3 is 0 Å². The minimum absolute atomic E-state index is 0.307. The van der Waals surface area contributed by atoms with Gasteiger partial charge in [-0.15, -0.1) is 0 Å². The maximum Gasteiger partial charge on any atom is 0.259 e. The average Bonchev–Trinajstić information content (AvgIpc) is 2.49. The number of hydrogen-bond acceptors (Lipinski definition) is 5. The highest BCUT2D eigenvalue weighted by Gasteiger charge is 2.37. The van der Waals surface area contributed by atoms with Gasteiger partial charge in [-0.05, 0) is 19.4 Å². The Kier molecular flexibility index (Phi) is 5.14. The summed E-state index contributed by atoms with van der Waals surface area (Å²) in [6.45, 7) is 2.60. The molecular weight excluding hydrogens is 274 g/mol. The minimum atomic E-state index is -1.19. The van der Waals surface area contributed by atoms with E-state index >= 15 is 0 Å². The van der Waals surface area contributed by atoms with Gasteiger partial charge in [0.15, 0.2) is 11.9 Å². The van der Waals surface area contributed by atoms with Crippen molar-refractivity contribution in [3.63, 3.8) is 0 Å². The fourth-order valence-corrected chi connectivity index (χ4v) is 2.42. The molecule has 1 N–H and O–H groups in total. The lowest BCUT2D eigenvalue weighted by Crippen LogP contribution is -2.53. The number of morpholine rings is 1. The number of allylic oxidation sites excluding steroid dienone is 3. The number of aliphatic hydroxyl groups is 1. The molecule has 0 radical (unpaired) electrons. The molecule has 0 bridgehead atoms. The maximum atomic E-state index is 12.3. The van der Waals surface area contributed by atoms with Gasteiger partial charge in [0.25, 0.3) is 5.91 Å². The normalized spacial score (nSPS) is 24.2. The fraction of sp³-hybridized carbons (Fsp3) is 0.600. The highest BCUT2D eigenvalue weighted by molar-refractivity contribution is 6.06. The van der Waals surface area contributed by atoms with E-state index in [0.717, 1.165) is 24.2 Å². The van der Waals surface area contributed by atoms with Crippen molar-refractivity contribution >= 4 is 11.7 Å². The molecule has 2 atom stereocenters. The minimum Gasteiger partial charge on any atom is -0.501 e. The van der Waals surface area contributed by atoms with Gasteiger partial charge in [0.2, 0.25) is 0 Å². The van der Waals surface area contributed by atoms with Crippen molar-refractivity contribution in [3.8, 4) is 0 Å². The molecule has 6 heteroatoms. The van der Waals surface area contributed by atoms with Crippen LogP contribution in [0.15, 0.2) is 23.5 Å². The summed E-state index contributed by atoms with van der Waals surface area (Å²) in [5.41, 5.74) is 1.12. The predicted molar refractivity (Wildman–Crippen MR) is 75.4 cm³/mol. The average molecular weight is 295 g/mol. The number of carbonyl (C=O) groups excluding carboxylic acids is 2. The van der Waals surface area contributed by atoms with Crippen molar-refractivity contribution < 1.29 is 24.2 Å². The molecule has 0 saturated carbocycles. The van der Waals surface area contributed by atoms with Crippen molar-refractivity contribution in [3.05, 3.63) is 23.5 Å². The zero-order valence-corrected chi connectivity index (χ0v) is 12.4. The van der Waals surface area contributed by atoms with E-state index in [1.54, 1.807) is 12.0 Å². The molecule has 0 aromatic heterocycles. The van der Waals surface area contributed by atoms with E-state index in [1.807, 2.05) is 12.2 Å². The monoisotopic (exact) mass is 295 g/mol. The topological polar surface area (TPSA) is 76.1 Å². The van der Waals surface area contributed by atoms with Crippen LogP contribution in [0.4, 0.5) is 0 Å². The van der Waals surface area contributed by atoms with Crippen LogP contribution in [0.3, 0.4) is 0 Å². The number of amides is 1.